The molecule has 0 saturated heterocycles. The molecule has 427 valence electrons. The van der Waals surface area contributed by atoms with E-state index < -0.39 is 50.9 Å². The molecule has 0 amide bonds. The van der Waals surface area contributed by atoms with Gasteiger partial charge in [-0.2, -0.15) is 41.2 Å². The first kappa shape index (κ1) is 72.8. The Morgan fingerprint density at radius 3 is 0.444 bits per heavy atom. The minimum Gasteiger partial charge on any atom is -0.358 e. The van der Waals surface area contributed by atoms with E-state index in [0.29, 0.717) is 0 Å². The van der Waals surface area contributed by atoms with Gasteiger partial charge in [0.25, 0.3) is 0 Å². The van der Waals surface area contributed by atoms with Gasteiger partial charge in [0.1, 0.15) is 0 Å². The summed E-state index contributed by atoms with van der Waals surface area (Å²) in [6, 6.07) is 106. The Balaban J connectivity index is 0.000000346. The Morgan fingerprint density at radius 1 is 0.235 bits per heavy atom. The third kappa shape index (κ3) is 26.8. The van der Waals surface area contributed by atoms with E-state index in [9.17, 15) is 0 Å². The topological polar surface area (TPSA) is 184 Å². The molecule has 81 heavy (non-hydrogen) atoms. The van der Waals surface area contributed by atoms with Crippen LogP contribution in [0.25, 0.3) is 0 Å². The molecule has 16 heteroatoms. The van der Waals surface area contributed by atoms with Crippen LogP contribution in [0.1, 0.15) is 0 Å². The van der Waals surface area contributed by atoms with E-state index in [4.69, 9.17) is 37.3 Å². The second-order valence-corrected chi connectivity index (χ2v) is 28.6. The van der Waals surface area contributed by atoms with Gasteiger partial charge in [-0.15, -0.1) is 20.5 Å². The van der Waals surface area contributed by atoms with E-state index in [1.54, 1.807) is 0 Å². The summed E-state index contributed by atoms with van der Waals surface area (Å²) in [6.45, 7) is 17.2. The molecule has 0 atom stereocenters. The average molecular weight is 1560 g/mol. The standard InChI is InChI=1S/2C18H15P.2C14H14P.CH3.2Au.2ClHO4/c2*1-4-10-16(11-5-1)19(17-12-6-2-7-13-17)18-14-8-3-9-15-18;2*1-15(2,13-9-5-3-6-10-13)14-11-7-4-8-12-14;;;;2*2-1(3,4)5/h2*1-15H;2*3-12H,1-2H2;1H3;;;2*(H,2,3,4,5)/q;;3*-1;;+3;;/p-2. The van der Waals surface area contributed by atoms with E-state index >= 15 is 0 Å². The van der Waals surface area contributed by atoms with Gasteiger partial charge >= 0.3 is 22.4 Å². The van der Waals surface area contributed by atoms with E-state index in [1.807, 2.05) is 72.8 Å². The molecule has 0 aliphatic carbocycles. The Bertz CT molecular complexity index is 2650. The summed E-state index contributed by atoms with van der Waals surface area (Å²) in [5.41, 5.74) is 0. The quantitative estimate of drug-likeness (QED) is 0.110. The summed E-state index contributed by atoms with van der Waals surface area (Å²) in [4.78, 5) is 0. The molecule has 0 spiro atoms. The summed E-state index contributed by atoms with van der Waals surface area (Å²) in [6.07, 6.45) is 0. The first-order chi connectivity index (χ1) is 37.3. The molecule has 0 heterocycles. The maximum atomic E-state index is 8.49. The van der Waals surface area contributed by atoms with Crippen LogP contribution in [-0.4, -0.2) is 0 Å². The van der Waals surface area contributed by atoms with Gasteiger partial charge in [-0.3, -0.25) is 0 Å². The minimum atomic E-state index is -4.94. The first-order valence-electron chi connectivity index (χ1n) is 23.8. The van der Waals surface area contributed by atoms with Crippen LogP contribution in [0.5, 0.6) is 0 Å². The third-order valence-electron chi connectivity index (χ3n) is 11.1. The normalized spacial score (nSPS) is 10.6. The number of hydrogen-bond acceptors (Lipinski definition) is 8. The second-order valence-electron chi connectivity index (χ2n) is 16.7. The number of rotatable bonds is 10. The van der Waals surface area contributed by atoms with Crippen molar-refractivity contribution in [3.63, 3.8) is 0 Å². The van der Waals surface area contributed by atoms with Crippen LogP contribution in [0, 0.1) is 54.6 Å². The van der Waals surface area contributed by atoms with E-state index in [0.717, 1.165) is 0 Å². The zero-order valence-electron chi connectivity index (χ0n) is 44.1. The molecule has 10 aromatic carbocycles. The maximum Gasteiger partial charge on any atom is 3.00 e. The van der Waals surface area contributed by atoms with Crippen molar-refractivity contribution < 1.29 is 103 Å². The first-order valence-corrected chi connectivity index (χ1v) is 33.3. The van der Waals surface area contributed by atoms with Crippen LogP contribution < -0.4 is 90.3 Å². The van der Waals surface area contributed by atoms with Gasteiger partial charge < -0.3 is 7.43 Å². The van der Waals surface area contributed by atoms with Crippen LogP contribution in [0.3, 0.4) is 0 Å². The Kier molecular flexibility index (Phi) is 33.9. The van der Waals surface area contributed by atoms with Crippen molar-refractivity contribution in [2.45, 2.75) is 0 Å². The van der Waals surface area contributed by atoms with Crippen molar-refractivity contribution in [2.24, 2.45) is 0 Å². The SMILES string of the molecule is [Au+3].[Au].[CH2-][P+]([CH2-])(c1ccccc1)c1ccccc1.[CH2-][P+]([CH2-])(c1ccccc1)c1ccccc1.[CH3-].[O-][Cl+3]([O-])([O-])[O-].[O-][Cl+3]([O-])([O-])[O-].c1ccc(P(c2ccccc2)c2ccccc2)cc1.c1ccc(P(c2ccccc2)c2ccccc2)cc1. The molecule has 0 aliphatic heterocycles. The largest absolute Gasteiger partial charge is 3.00 e. The van der Waals surface area contributed by atoms with Crippen molar-refractivity contribution in [3.05, 3.63) is 337 Å². The van der Waals surface area contributed by atoms with Gasteiger partial charge in [-0.1, -0.05) is 255 Å². The average Bonchev–Trinajstić information content (AvgIpc) is 3.53. The predicted octanol–water partition coefficient (Wildman–Crippen LogP) is 4.30. The van der Waals surface area contributed by atoms with E-state index in [-0.39, 0.29) is 52.2 Å². The maximum absolute atomic E-state index is 8.49. The Labute approximate surface area is 519 Å². The summed E-state index contributed by atoms with van der Waals surface area (Å²) in [5, 5.41) is 13.4. The van der Waals surface area contributed by atoms with Crippen LogP contribution in [0.4, 0.5) is 0 Å². The van der Waals surface area contributed by atoms with Gasteiger partial charge in [0.2, 0.25) is 0 Å². The van der Waals surface area contributed by atoms with Gasteiger partial charge in [-0.25, -0.2) is 37.3 Å². The van der Waals surface area contributed by atoms with Crippen molar-refractivity contribution >= 4 is 83.4 Å². The molecular formula is C65H61Au2Cl2O8P4-2. The molecule has 0 aliphatic rings. The Hall–Kier alpha value is -4.34. The zero-order chi connectivity index (χ0) is 56.3. The fourth-order valence-corrected chi connectivity index (χ4v) is 15.7. The van der Waals surface area contributed by atoms with Crippen LogP contribution in [0.2, 0.25) is 0 Å². The van der Waals surface area contributed by atoms with E-state index in [1.165, 1.54) is 53.0 Å². The van der Waals surface area contributed by atoms with Gasteiger partial charge in [0, 0.05) is 43.6 Å². The smallest absolute Gasteiger partial charge is 0.358 e. The van der Waals surface area contributed by atoms with Crippen LogP contribution in [-0.2, 0) is 44.8 Å². The third-order valence-corrected chi connectivity index (χ3v) is 21.1. The molecule has 0 fully saturated rings. The summed E-state index contributed by atoms with van der Waals surface area (Å²) in [7, 11) is -14.1. The molecule has 8 nitrogen and oxygen atoms in total. The monoisotopic (exact) mass is 1560 g/mol. The van der Waals surface area contributed by atoms with Crippen molar-refractivity contribution in [1.82, 2.24) is 0 Å². The fourth-order valence-electron chi connectivity index (χ4n) is 7.51. The van der Waals surface area contributed by atoms with Crippen molar-refractivity contribution in [3.8, 4) is 0 Å². The molecule has 0 bridgehead atoms. The number of benzene rings is 10. The van der Waals surface area contributed by atoms with Crippen LogP contribution in [0.15, 0.2) is 303 Å². The summed E-state index contributed by atoms with van der Waals surface area (Å²) < 4.78 is 67.9. The van der Waals surface area contributed by atoms with Gasteiger partial charge in [0.15, 0.2) is 0 Å². The van der Waals surface area contributed by atoms with Gasteiger partial charge in [0.05, 0.1) is 0 Å². The molecule has 10 rings (SSSR count). The number of halogens is 2. The Morgan fingerprint density at radius 2 is 0.333 bits per heavy atom. The fraction of sp³-hybridized carbons (Fsp3) is 0. The van der Waals surface area contributed by atoms with Gasteiger partial charge in [-0.05, 0) is 96.2 Å². The second kappa shape index (κ2) is 37.8. The van der Waals surface area contributed by atoms with Crippen molar-refractivity contribution in [2.75, 3.05) is 0 Å². The molecule has 0 aromatic heterocycles. The minimum absolute atomic E-state index is 0. The van der Waals surface area contributed by atoms with Crippen LogP contribution >= 0.6 is 30.4 Å². The predicted molar refractivity (Wildman–Crippen MR) is 316 cm³/mol. The van der Waals surface area contributed by atoms with E-state index in [2.05, 4.69) is 257 Å². The molecule has 0 N–H and O–H groups in total. The summed E-state index contributed by atoms with van der Waals surface area (Å²) in [5.74, 6) is 0. The molecule has 1 radical (unpaired) electrons. The zero-order valence-corrected chi connectivity index (χ0v) is 53.5. The molecule has 0 saturated carbocycles. The molecular weight excluding hydrogens is 1500 g/mol. The number of hydrogen-bond donors (Lipinski definition) is 0. The molecule has 0 unspecified atom stereocenters. The molecule has 10 aromatic rings. The van der Waals surface area contributed by atoms with Crippen molar-refractivity contribution in [1.29, 1.82) is 0 Å². The summed E-state index contributed by atoms with van der Waals surface area (Å²) >= 11 is 0.